The van der Waals surface area contributed by atoms with E-state index in [0.29, 0.717) is 12.2 Å². The van der Waals surface area contributed by atoms with E-state index in [1.54, 1.807) is 19.2 Å². The minimum absolute atomic E-state index is 0. The fourth-order valence-electron chi connectivity index (χ4n) is 1.36. The normalized spacial score (nSPS) is 11.7. The smallest absolute Gasteiger partial charge is 0.125 e. The van der Waals surface area contributed by atoms with Crippen molar-refractivity contribution in [2.75, 3.05) is 7.11 Å². The zero-order chi connectivity index (χ0) is 10.6. The number of phenols is 1. The van der Waals surface area contributed by atoms with E-state index in [4.69, 9.17) is 10.5 Å². The summed E-state index contributed by atoms with van der Waals surface area (Å²) in [7, 11) is 1.59. The fraction of sp³-hybridized carbons (Fsp3) is 0.455. The van der Waals surface area contributed by atoms with E-state index in [9.17, 15) is 5.11 Å². The second-order valence-corrected chi connectivity index (χ2v) is 3.33. The summed E-state index contributed by atoms with van der Waals surface area (Å²) in [5.41, 5.74) is 6.63. The lowest BCUT2D eigenvalue weighted by Gasteiger charge is -2.13. The maximum atomic E-state index is 9.63. The molecule has 0 aliphatic carbocycles. The molecule has 86 valence electrons. The Morgan fingerprint density at radius 3 is 2.67 bits per heavy atom. The van der Waals surface area contributed by atoms with E-state index < -0.39 is 0 Å². The largest absolute Gasteiger partial charge is 0.508 e. The van der Waals surface area contributed by atoms with E-state index in [1.807, 2.05) is 13.0 Å². The van der Waals surface area contributed by atoms with Gasteiger partial charge < -0.3 is 15.6 Å². The summed E-state index contributed by atoms with van der Waals surface area (Å²) >= 11 is 0. The molecule has 0 bridgehead atoms. The molecule has 3 N–H and O–H groups in total. The number of hydrogen-bond donors (Lipinski definition) is 2. The van der Waals surface area contributed by atoms with Crippen LogP contribution < -0.4 is 10.5 Å². The summed E-state index contributed by atoms with van der Waals surface area (Å²) in [5, 5.41) is 9.63. The summed E-state index contributed by atoms with van der Waals surface area (Å²) in [6, 6.07) is 5.31. The Labute approximate surface area is 96.7 Å². The van der Waals surface area contributed by atoms with Crippen LogP contribution in [-0.4, -0.2) is 18.3 Å². The molecule has 0 saturated heterocycles. The summed E-state index contributed by atoms with van der Waals surface area (Å²) < 4.78 is 5.16. The number of ether oxygens (including phenoxy) is 1. The molecule has 1 unspecified atom stereocenters. The van der Waals surface area contributed by atoms with Crippen molar-refractivity contribution in [3.05, 3.63) is 23.8 Å². The Kier molecular flexibility index (Phi) is 6.13. The van der Waals surface area contributed by atoms with Crippen LogP contribution in [0.4, 0.5) is 0 Å². The minimum atomic E-state index is 0. The Bertz CT molecular complexity index is 305. The first kappa shape index (κ1) is 14.1. The second kappa shape index (κ2) is 6.53. The molecule has 0 aromatic heterocycles. The van der Waals surface area contributed by atoms with Crippen LogP contribution in [0.1, 0.15) is 18.9 Å². The van der Waals surface area contributed by atoms with Crippen molar-refractivity contribution < 1.29 is 9.84 Å². The van der Waals surface area contributed by atoms with Gasteiger partial charge in [0, 0.05) is 11.6 Å². The van der Waals surface area contributed by atoms with Crippen molar-refractivity contribution in [2.24, 2.45) is 5.73 Å². The van der Waals surface area contributed by atoms with Gasteiger partial charge in [-0.05, 0) is 25.0 Å². The van der Waals surface area contributed by atoms with Gasteiger partial charge in [-0.15, -0.1) is 12.4 Å². The van der Waals surface area contributed by atoms with Gasteiger partial charge in [0.05, 0.1) is 7.11 Å². The number of phenolic OH excluding ortho intramolecular Hbond substituents is 1. The van der Waals surface area contributed by atoms with E-state index in [-0.39, 0.29) is 24.2 Å². The zero-order valence-electron chi connectivity index (χ0n) is 9.06. The third-order valence-electron chi connectivity index (χ3n) is 2.32. The highest BCUT2D eigenvalue weighted by Crippen LogP contribution is 2.28. The molecular weight excluding hydrogens is 214 g/mol. The number of halogens is 1. The van der Waals surface area contributed by atoms with E-state index in [1.165, 1.54) is 0 Å². The fourth-order valence-corrected chi connectivity index (χ4v) is 1.36. The van der Waals surface area contributed by atoms with Gasteiger partial charge in [0.25, 0.3) is 0 Å². The van der Waals surface area contributed by atoms with Gasteiger partial charge in [0.1, 0.15) is 11.5 Å². The molecule has 1 aromatic rings. The number of rotatable bonds is 4. The van der Waals surface area contributed by atoms with E-state index >= 15 is 0 Å². The molecule has 1 rings (SSSR count). The topological polar surface area (TPSA) is 55.5 Å². The van der Waals surface area contributed by atoms with Crippen molar-refractivity contribution >= 4 is 12.4 Å². The number of methoxy groups -OCH3 is 1. The Morgan fingerprint density at radius 1 is 1.47 bits per heavy atom. The number of hydrogen-bond acceptors (Lipinski definition) is 3. The monoisotopic (exact) mass is 231 g/mol. The van der Waals surface area contributed by atoms with Gasteiger partial charge in [-0.25, -0.2) is 0 Å². The molecule has 0 spiro atoms. The maximum Gasteiger partial charge on any atom is 0.125 e. The van der Waals surface area contributed by atoms with Crippen molar-refractivity contribution in [3.63, 3.8) is 0 Å². The molecule has 15 heavy (non-hydrogen) atoms. The van der Waals surface area contributed by atoms with Crippen LogP contribution in [0.2, 0.25) is 0 Å². The van der Waals surface area contributed by atoms with Crippen LogP contribution in [0.3, 0.4) is 0 Å². The molecule has 0 fully saturated rings. The van der Waals surface area contributed by atoms with Crippen molar-refractivity contribution in [1.29, 1.82) is 0 Å². The SMILES string of the molecule is CCC(N)Cc1c(O)cccc1OC.Cl. The summed E-state index contributed by atoms with van der Waals surface area (Å²) in [6.07, 6.45) is 1.53. The van der Waals surface area contributed by atoms with Crippen LogP contribution in [0.5, 0.6) is 11.5 Å². The molecule has 0 heterocycles. The predicted octanol–water partition coefficient (Wildman–Crippen LogP) is 2.10. The van der Waals surface area contributed by atoms with Crippen LogP contribution in [0.25, 0.3) is 0 Å². The highest BCUT2D eigenvalue weighted by molar-refractivity contribution is 5.85. The first-order valence-electron chi connectivity index (χ1n) is 4.79. The lowest BCUT2D eigenvalue weighted by Crippen LogP contribution is -2.21. The van der Waals surface area contributed by atoms with E-state index in [2.05, 4.69) is 0 Å². The van der Waals surface area contributed by atoms with Gasteiger partial charge in [0.15, 0.2) is 0 Å². The first-order chi connectivity index (χ1) is 6.69. The zero-order valence-corrected chi connectivity index (χ0v) is 9.88. The summed E-state index contributed by atoms with van der Waals surface area (Å²) in [5.74, 6) is 0.960. The third-order valence-corrected chi connectivity index (χ3v) is 2.32. The molecule has 3 nitrogen and oxygen atoms in total. The number of benzene rings is 1. The lowest BCUT2D eigenvalue weighted by atomic mass is 10.0. The Morgan fingerprint density at radius 2 is 2.13 bits per heavy atom. The third kappa shape index (κ3) is 3.61. The maximum absolute atomic E-state index is 9.63. The molecule has 1 atom stereocenters. The molecule has 0 radical (unpaired) electrons. The average molecular weight is 232 g/mol. The van der Waals surface area contributed by atoms with Crippen LogP contribution in [0.15, 0.2) is 18.2 Å². The number of nitrogens with two attached hydrogens (primary N) is 1. The molecule has 4 heteroatoms. The van der Waals surface area contributed by atoms with Crippen LogP contribution in [0, 0.1) is 0 Å². The van der Waals surface area contributed by atoms with Crippen LogP contribution >= 0.6 is 12.4 Å². The Balaban J connectivity index is 0.00000196. The van der Waals surface area contributed by atoms with Gasteiger partial charge >= 0.3 is 0 Å². The number of aromatic hydroxyl groups is 1. The van der Waals surface area contributed by atoms with E-state index in [0.717, 1.165) is 12.0 Å². The van der Waals surface area contributed by atoms with Gasteiger partial charge in [-0.3, -0.25) is 0 Å². The molecular formula is C11H18ClNO2. The molecule has 0 amide bonds. The Hall–Kier alpha value is -0.930. The molecule has 0 aliphatic rings. The average Bonchev–Trinajstić information content (AvgIpc) is 2.20. The van der Waals surface area contributed by atoms with Gasteiger partial charge in [-0.1, -0.05) is 13.0 Å². The molecule has 0 saturated carbocycles. The lowest BCUT2D eigenvalue weighted by molar-refractivity contribution is 0.396. The first-order valence-corrected chi connectivity index (χ1v) is 4.79. The van der Waals surface area contributed by atoms with Crippen molar-refractivity contribution in [2.45, 2.75) is 25.8 Å². The summed E-state index contributed by atoms with van der Waals surface area (Å²) in [6.45, 7) is 2.02. The van der Waals surface area contributed by atoms with Crippen LogP contribution in [-0.2, 0) is 6.42 Å². The van der Waals surface area contributed by atoms with Crippen molar-refractivity contribution in [1.82, 2.24) is 0 Å². The minimum Gasteiger partial charge on any atom is -0.508 e. The van der Waals surface area contributed by atoms with Gasteiger partial charge in [-0.2, -0.15) is 0 Å². The quantitative estimate of drug-likeness (QED) is 0.835. The summed E-state index contributed by atoms with van der Waals surface area (Å²) in [4.78, 5) is 0. The molecule has 1 aromatic carbocycles. The predicted molar refractivity (Wildman–Crippen MR) is 63.9 cm³/mol. The van der Waals surface area contributed by atoms with Gasteiger partial charge in [0.2, 0.25) is 0 Å². The standard InChI is InChI=1S/C11H17NO2.ClH/c1-3-8(12)7-9-10(13)5-4-6-11(9)14-2;/h4-6,8,13H,3,7,12H2,1-2H3;1H. The highest BCUT2D eigenvalue weighted by Gasteiger charge is 2.11. The molecule has 0 aliphatic heterocycles. The highest BCUT2D eigenvalue weighted by atomic mass is 35.5. The second-order valence-electron chi connectivity index (χ2n) is 3.33. The van der Waals surface area contributed by atoms with Crippen molar-refractivity contribution in [3.8, 4) is 11.5 Å².